The van der Waals surface area contributed by atoms with Gasteiger partial charge < -0.3 is 19.1 Å². The number of likely N-dealkylation sites (tertiary alicyclic amines) is 1. The zero-order chi connectivity index (χ0) is 15.0. The molecule has 1 fully saturated rings. The van der Waals surface area contributed by atoms with Gasteiger partial charge in [0.2, 0.25) is 6.79 Å². The van der Waals surface area contributed by atoms with Crippen molar-refractivity contribution in [2.24, 2.45) is 0 Å². The summed E-state index contributed by atoms with van der Waals surface area (Å²) in [6, 6.07) is 4.79. The van der Waals surface area contributed by atoms with E-state index in [2.05, 4.69) is 4.74 Å². The number of carbonyl (C=O) groups excluding carboxylic acids is 1. The molecule has 21 heavy (non-hydrogen) atoms. The molecule has 8 heteroatoms. The van der Waals surface area contributed by atoms with Crippen LogP contribution in [0.5, 0.6) is 11.5 Å². The Balaban J connectivity index is 1.54. The minimum atomic E-state index is -4.35. The highest BCUT2D eigenvalue weighted by molar-refractivity contribution is 5.95. The van der Waals surface area contributed by atoms with Gasteiger partial charge in [0, 0.05) is 18.7 Å². The monoisotopic (exact) mass is 303 g/mol. The number of halogens is 3. The average molecular weight is 303 g/mol. The number of alkyl halides is 3. The van der Waals surface area contributed by atoms with Gasteiger partial charge in [-0.25, -0.2) is 0 Å². The van der Waals surface area contributed by atoms with E-state index in [1.54, 1.807) is 18.2 Å². The lowest BCUT2D eigenvalue weighted by molar-refractivity contribution is -0.196. The van der Waals surface area contributed by atoms with Gasteiger partial charge in [0.25, 0.3) is 5.91 Å². The first-order valence-corrected chi connectivity index (χ1v) is 6.30. The second kappa shape index (κ2) is 5.10. The van der Waals surface area contributed by atoms with Crippen LogP contribution in [0.4, 0.5) is 13.2 Å². The van der Waals surface area contributed by atoms with Crippen LogP contribution in [0.15, 0.2) is 18.2 Å². The van der Waals surface area contributed by atoms with Crippen molar-refractivity contribution in [2.75, 3.05) is 26.5 Å². The van der Waals surface area contributed by atoms with Gasteiger partial charge in [0.15, 0.2) is 11.5 Å². The van der Waals surface area contributed by atoms with Crippen molar-refractivity contribution in [3.63, 3.8) is 0 Å². The molecule has 0 unspecified atom stereocenters. The first-order chi connectivity index (χ1) is 9.92. The topological polar surface area (TPSA) is 48.0 Å². The molecule has 0 spiro atoms. The predicted molar refractivity (Wildman–Crippen MR) is 64.3 cm³/mol. The molecule has 3 rings (SSSR count). The fourth-order valence-corrected chi connectivity index (χ4v) is 2.13. The summed E-state index contributed by atoms with van der Waals surface area (Å²) in [6.07, 6.45) is -4.91. The van der Waals surface area contributed by atoms with Crippen LogP contribution in [0.2, 0.25) is 0 Å². The SMILES string of the molecule is O=C(c1ccc2c(c1)OCO2)N1CC(OCC(F)(F)F)C1. The smallest absolute Gasteiger partial charge is 0.411 e. The Bertz CT molecular complexity index is 555. The number of ether oxygens (including phenoxy) is 3. The maximum absolute atomic E-state index is 12.1. The summed E-state index contributed by atoms with van der Waals surface area (Å²) in [4.78, 5) is 13.6. The van der Waals surface area contributed by atoms with Crippen LogP contribution in [-0.4, -0.2) is 49.6 Å². The lowest BCUT2D eigenvalue weighted by Crippen LogP contribution is -2.55. The number of hydrogen-bond acceptors (Lipinski definition) is 4. The van der Waals surface area contributed by atoms with Crippen LogP contribution in [0.25, 0.3) is 0 Å². The molecule has 1 aromatic rings. The van der Waals surface area contributed by atoms with Crippen molar-refractivity contribution in [3.05, 3.63) is 23.8 Å². The van der Waals surface area contributed by atoms with E-state index in [0.29, 0.717) is 17.1 Å². The molecule has 2 aliphatic heterocycles. The molecule has 0 radical (unpaired) electrons. The van der Waals surface area contributed by atoms with Crippen LogP contribution in [0.1, 0.15) is 10.4 Å². The summed E-state index contributed by atoms with van der Waals surface area (Å²) in [6.45, 7) is -0.861. The number of nitrogens with zero attached hydrogens (tertiary/aromatic N) is 1. The minimum absolute atomic E-state index is 0.115. The molecule has 1 amide bonds. The van der Waals surface area contributed by atoms with E-state index in [0.717, 1.165) is 0 Å². The number of fused-ring (bicyclic) bond motifs is 1. The maximum Gasteiger partial charge on any atom is 0.411 e. The molecule has 2 heterocycles. The summed E-state index contributed by atoms with van der Waals surface area (Å²) in [5.74, 6) is 0.799. The molecular formula is C13H12F3NO4. The Hall–Kier alpha value is -1.96. The zero-order valence-electron chi connectivity index (χ0n) is 10.9. The normalized spacial score (nSPS) is 17.8. The lowest BCUT2D eigenvalue weighted by atomic mass is 10.1. The third-order valence-corrected chi connectivity index (χ3v) is 3.24. The molecule has 0 bridgehead atoms. The third-order valence-electron chi connectivity index (χ3n) is 3.24. The number of carbonyl (C=O) groups is 1. The van der Waals surface area contributed by atoms with Crippen molar-refractivity contribution in [1.82, 2.24) is 4.90 Å². The van der Waals surface area contributed by atoms with Crippen LogP contribution < -0.4 is 9.47 Å². The zero-order valence-corrected chi connectivity index (χ0v) is 10.9. The van der Waals surface area contributed by atoms with Crippen LogP contribution in [-0.2, 0) is 4.74 Å². The highest BCUT2D eigenvalue weighted by Gasteiger charge is 2.36. The fourth-order valence-electron chi connectivity index (χ4n) is 2.13. The maximum atomic E-state index is 12.1. The fraction of sp³-hybridized carbons (Fsp3) is 0.462. The molecule has 0 atom stereocenters. The van der Waals surface area contributed by atoms with Crippen molar-refractivity contribution in [1.29, 1.82) is 0 Å². The van der Waals surface area contributed by atoms with E-state index in [1.165, 1.54) is 4.90 Å². The number of hydrogen-bond donors (Lipinski definition) is 0. The van der Waals surface area contributed by atoms with Gasteiger partial charge in [-0.2, -0.15) is 13.2 Å². The molecule has 0 saturated carbocycles. The first-order valence-electron chi connectivity index (χ1n) is 6.30. The van der Waals surface area contributed by atoms with E-state index in [1.807, 2.05) is 0 Å². The summed E-state index contributed by atoms with van der Waals surface area (Å²) in [5.41, 5.74) is 0.411. The van der Waals surface area contributed by atoms with E-state index < -0.39 is 18.9 Å². The van der Waals surface area contributed by atoms with Gasteiger partial charge in [-0.3, -0.25) is 4.79 Å². The predicted octanol–water partition coefficient (Wildman–Crippen LogP) is 1.82. The van der Waals surface area contributed by atoms with Gasteiger partial charge in [-0.15, -0.1) is 0 Å². The third kappa shape index (κ3) is 3.05. The van der Waals surface area contributed by atoms with Crippen LogP contribution in [0.3, 0.4) is 0 Å². The quantitative estimate of drug-likeness (QED) is 0.854. The molecule has 114 valence electrons. The molecule has 1 saturated heterocycles. The second-order valence-corrected chi connectivity index (χ2v) is 4.83. The average Bonchev–Trinajstić information content (AvgIpc) is 2.82. The molecule has 0 N–H and O–H groups in total. The largest absolute Gasteiger partial charge is 0.454 e. The minimum Gasteiger partial charge on any atom is -0.454 e. The van der Waals surface area contributed by atoms with Crippen molar-refractivity contribution in [3.8, 4) is 11.5 Å². The van der Waals surface area contributed by atoms with Gasteiger partial charge >= 0.3 is 6.18 Å². The van der Waals surface area contributed by atoms with E-state index in [-0.39, 0.29) is 25.8 Å². The van der Waals surface area contributed by atoms with Gasteiger partial charge in [0.05, 0.1) is 6.10 Å². The number of benzene rings is 1. The standard InChI is InChI=1S/C13H12F3NO4/c14-13(15,16)6-19-9-4-17(5-9)12(18)8-1-2-10-11(3-8)21-7-20-10/h1-3,9H,4-7H2. The molecule has 2 aliphatic rings. The summed E-state index contributed by atoms with van der Waals surface area (Å²) in [7, 11) is 0. The summed E-state index contributed by atoms with van der Waals surface area (Å²) in [5, 5.41) is 0. The first kappa shape index (κ1) is 14.0. The Morgan fingerprint density at radius 3 is 2.71 bits per heavy atom. The highest BCUT2D eigenvalue weighted by Crippen LogP contribution is 2.33. The lowest BCUT2D eigenvalue weighted by Gasteiger charge is -2.39. The second-order valence-electron chi connectivity index (χ2n) is 4.83. The highest BCUT2D eigenvalue weighted by atomic mass is 19.4. The van der Waals surface area contributed by atoms with Gasteiger partial charge in [-0.1, -0.05) is 0 Å². The van der Waals surface area contributed by atoms with Crippen molar-refractivity contribution < 1.29 is 32.2 Å². The van der Waals surface area contributed by atoms with Crippen molar-refractivity contribution >= 4 is 5.91 Å². The van der Waals surface area contributed by atoms with Gasteiger partial charge in [-0.05, 0) is 18.2 Å². The summed E-state index contributed by atoms with van der Waals surface area (Å²) >= 11 is 0. The Morgan fingerprint density at radius 2 is 2.00 bits per heavy atom. The number of rotatable bonds is 3. The van der Waals surface area contributed by atoms with Crippen LogP contribution >= 0.6 is 0 Å². The van der Waals surface area contributed by atoms with Crippen LogP contribution in [0, 0.1) is 0 Å². The van der Waals surface area contributed by atoms with Crippen molar-refractivity contribution in [2.45, 2.75) is 12.3 Å². The molecular weight excluding hydrogens is 291 g/mol. The van der Waals surface area contributed by atoms with Gasteiger partial charge in [0.1, 0.15) is 6.61 Å². The molecule has 0 aromatic heterocycles. The van der Waals surface area contributed by atoms with E-state index >= 15 is 0 Å². The number of amides is 1. The Labute approximate surface area is 118 Å². The van der Waals surface area contributed by atoms with E-state index in [9.17, 15) is 18.0 Å². The Kier molecular flexibility index (Phi) is 3.40. The molecule has 0 aliphatic carbocycles. The molecule has 1 aromatic carbocycles. The van der Waals surface area contributed by atoms with E-state index in [4.69, 9.17) is 9.47 Å². The summed E-state index contributed by atoms with van der Waals surface area (Å²) < 4.78 is 51.0. The Morgan fingerprint density at radius 1 is 1.29 bits per heavy atom. The molecule has 5 nitrogen and oxygen atoms in total.